The van der Waals surface area contributed by atoms with E-state index in [0.717, 1.165) is 24.6 Å². The number of fused-ring (bicyclic) bond motifs is 1. The van der Waals surface area contributed by atoms with Crippen molar-refractivity contribution >= 4 is 22.7 Å². The summed E-state index contributed by atoms with van der Waals surface area (Å²) in [7, 11) is 0. The minimum absolute atomic E-state index is 0.136. The second-order valence-electron chi connectivity index (χ2n) is 7.18. The Morgan fingerprint density at radius 3 is 2.41 bits per heavy atom. The van der Waals surface area contributed by atoms with E-state index in [1.54, 1.807) is 12.1 Å². The van der Waals surface area contributed by atoms with Gasteiger partial charge >= 0.3 is 0 Å². The van der Waals surface area contributed by atoms with E-state index in [4.69, 9.17) is 4.42 Å². The number of para-hydroxylation sites is 1. The first kappa shape index (κ1) is 21.2. The standard InChI is InChI=1S/C22H31NO4/c1-3-4-5-6-7-8-9-13-18(25)21(16(2)24)23-22(26)20-15-17-12-10-11-14-19(17)27-20/h10-12,14-16,21,24H,3-9,13H2,1-2H3,(H,23,26)/t16-,21+/m1/s1. The number of carbonyl (C=O) groups excluding carboxylic acids is 2. The molecule has 0 radical (unpaired) electrons. The average Bonchev–Trinajstić information content (AvgIpc) is 3.09. The van der Waals surface area contributed by atoms with Crippen molar-refractivity contribution in [3.63, 3.8) is 0 Å². The molecule has 0 aliphatic carbocycles. The van der Waals surface area contributed by atoms with Crippen molar-refractivity contribution in [2.24, 2.45) is 0 Å². The monoisotopic (exact) mass is 373 g/mol. The fourth-order valence-corrected chi connectivity index (χ4v) is 3.19. The zero-order valence-corrected chi connectivity index (χ0v) is 16.4. The van der Waals surface area contributed by atoms with E-state index in [-0.39, 0.29) is 11.5 Å². The Morgan fingerprint density at radius 2 is 1.74 bits per heavy atom. The lowest BCUT2D eigenvalue weighted by Crippen LogP contribution is -2.47. The molecule has 1 heterocycles. The summed E-state index contributed by atoms with van der Waals surface area (Å²) in [5.41, 5.74) is 0.616. The number of benzene rings is 1. The Kier molecular flexibility index (Phi) is 8.52. The minimum Gasteiger partial charge on any atom is -0.451 e. The molecule has 1 aromatic carbocycles. The number of aliphatic hydroxyl groups excluding tert-OH is 1. The molecule has 2 aromatic rings. The maximum absolute atomic E-state index is 12.5. The summed E-state index contributed by atoms with van der Waals surface area (Å²) in [5, 5.41) is 13.4. The first-order valence-corrected chi connectivity index (χ1v) is 10.0. The molecule has 0 unspecified atom stereocenters. The maximum Gasteiger partial charge on any atom is 0.287 e. The second-order valence-corrected chi connectivity index (χ2v) is 7.18. The van der Waals surface area contributed by atoms with Crippen LogP contribution in [0, 0.1) is 0 Å². The highest BCUT2D eigenvalue weighted by Gasteiger charge is 2.26. The van der Waals surface area contributed by atoms with Gasteiger partial charge in [-0.05, 0) is 25.5 Å². The van der Waals surface area contributed by atoms with Gasteiger partial charge in [0, 0.05) is 11.8 Å². The largest absolute Gasteiger partial charge is 0.451 e. The number of ketones is 1. The topological polar surface area (TPSA) is 79.5 Å². The van der Waals surface area contributed by atoms with Crippen molar-refractivity contribution in [3.8, 4) is 0 Å². The Morgan fingerprint density at radius 1 is 1.07 bits per heavy atom. The zero-order chi connectivity index (χ0) is 19.6. The van der Waals surface area contributed by atoms with Gasteiger partial charge in [-0.2, -0.15) is 0 Å². The van der Waals surface area contributed by atoms with E-state index in [0.29, 0.717) is 12.0 Å². The van der Waals surface area contributed by atoms with Crippen molar-refractivity contribution in [3.05, 3.63) is 36.1 Å². The molecule has 0 saturated carbocycles. The van der Waals surface area contributed by atoms with Crippen LogP contribution >= 0.6 is 0 Å². The molecule has 0 aliphatic heterocycles. The lowest BCUT2D eigenvalue weighted by atomic mass is 10.0. The number of Topliss-reactive ketones (excluding diaryl/α,β-unsaturated/α-hetero) is 1. The number of nitrogens with one attached hydrogen (secondary N) is 1. The van der Waals surface area contributed by atoms with Gasteiger partial charge in [-0.25, -0.2) is 0 Å². The van der Waals surface area contributed by atoms with E-state index in [2.05, 4.69) is 12.2 Å². The molecule has 2 atom stereocenters. The van der Waals surface area contributed by atoms with Crippen LogP contribution in [0.3, 0.4) is 0 Å². The first-order chi connectivity index (χ1) is 13.0. The zero-order valence-electron chi connectivity index (χ0n) is 16.4. The minimum atomic E-state index is -0.949. The third kappa shape index (κ3) is 6.51. The van der Waals surface area contributed by atoms with Crippen LogP contribution in [0.1, 0.15) is 75.8 Å². The molecule has 148 valence electrons. The molecule has 0 bridgehead atoms. The quantitative estimate of drug-likeness (QED) is 0.532. The molecule has 0 fully saturated rings. The van der Waals surface area contributed by atoms with Crippen LogP contribution < -0.4 is 5.32 Å². The van der Waals surface area contributed by atoms with Gasteiger partial charge < -0.3 is 14.8 Å². The third-order valence-electron chi connectivity index (χ3n) is 4.79. The van der Waals surface area contributed by atoms with Gasteiger partial charge in [-0.15, -0.1) is 0 Å². The summed E-state index contributed by atoms with van der Waals surface area (Å²) in [5.74, 6) is -0.474. The predicted octanol–water partition coefficient (Wildman–Crippen LogP) is 4.62. The van der Waals surface area contributed by atoms with Crippen molar-refractivity contribution in [1.29, 1.82) is 0 Å². The summed E-state index contributed by atoms with van der Waals surface area (Å²) < 4.78 is 5.53. The predicted molar refractivity (Wildman–Crippen MR) is 107 cm³/mol. The van der Waals surface area contributed by atoms with Gasteiger partial charge in [0.25, 0.3) is 5.91 Å². The number of hydrogen-bond donors (Lipinski definition) is 2. The normalized spacial score (nSPS) is 13.4. The molecule has 2 rings (SSSR count). The van der Waals surface area contributed by atoms with Crippen LogP contribution in [0.25, 0.3) is 11.0 Å². The Bertz CT molecular complexity index is 702. The number of unbranched alkanes of at least 4 members (excludes halogenated alkanes) is 6. The van der Waals surface area contributed by atoms with Crippen LogP contribution in [-0.2, 0) is 4.79 Å². The van der Waals surface area contributed by atoms with Crippen molar-refractivity contribution in [2.75, 3.05) is 0 Å². The van der Waals surface area contributed by atoms with Crippen LogP contribution in [0.5, 0.6) is 0 Å². The van der Waals surface area contributed by atoms with Gasteiger partial charge in [0.2, 0.25) is 0 Å². The van der Waals surface area contributed by atoms with Gasteiger partial charge in [0.05, 0.1) is 6.10 Å². The number of furan rings is 1. The van der Waals surface area contributed by atoms with E-state index in [9.17, 15) is 14.7 Å². The van der Waals surface area contributed by atoms with Crippen molar-refractivity contribution in [2.45, 2.75) is 77.4 Å². The van der Waals surface area contributed by atoms with Crippen molar-refractivity contribution < 1.29 is 19.1 Å². The van der Waals surface area contributed by atoms with E-state index in [1.165, 1.54) is 32.6 Å². The van der Waals surface area contributed by atoms with Gasteiger partial charge in [-0.1, -0.05) is 63.6 Å². The lowest BCUT2D eigenvalue weighted by molar-refractivity contribution is -0.123. The fourth-order valence-electron chi connectivity index (χ4n) is 3.19. The lowest BCUT2D eigenvalue weighted by Gasteiger charge is -2.19. The molecule has 0 aliphatic rings. The number of amides is 1. The third-order valence-corrected chi connectivity index (χ3v) is 4.79. The molecule has 27 heavy (non-hydrogen) atoms. The summed E-state index contributed by atoms with van der Waals surface area (Å²) in [4.78, 5) is 24.9. The number of hydrogen-bond acceptors (Lipinski definition) is 4. The number of aliphatic hydroxyl groups is 1. The van der Waals surface area contributed by atoms with Crippen molar-refractivity contribution in [1.82, 2.24) is 5.32 Å². The molecule has 0 saturated heterocycles. The first-order valence-electron chi connectivity index (χ1n) is 10.0. The Labute approximate surface area is 161 Å². The van der Waals surface area contributed by atoms with Gasteiger partial charge in [-0.3, -0.25) is 9.59 Å². The molecule has 1 aromatic heterocycles. The molecular formula is C22H31NO4. The summed E-state index contributed by atoms with van der Waals surface area (Å²) >= 11 is 0. The average molecular weight is 373 g/mol. The summed E-state index contributed by atoms with van der Waals surface area (Å²) in [6, 6.07) is 8.06. The van der Waals surface area contributed by atoms with Crippen LogP contribution in [0.4, 0.5) is 0 Å². The highest BCUT2D eigenvalue weighted by Crippen LogP contribution is 2.19. The van der Waals surface area contributed by atoms with Crippen LogP contribution in [-0.4, -0.2) is 28.9 Å². The van der Waals surface area contributed by atoms with E-state index in [1.807, 2.05) is 18.2 Å². The summed E-state index contributed by atoms with van der Waals surface area (Å²) in [6.07, 6.45) is 7.25. The van der Waals surface area contributed by atoms with Crippen LogP contribution in [0.2, 0.25) is 0 Å². The molecule has 2 N–H and O–H groups in total. The van der Waals surface area contributed by atoms with Gasteiger partial charge in [0.1, 0.15) is 11.6 Å². The molecule has 0 spiro atoms. The highest BCUT2D eigenvalue weighted by molar-refractivity contribution is 5.99. The second kappa shape index (κ2) is 10.9. The smallest absolute Gasteiger partial charge is 0.287 e. The Hall–Kier alpha value is -2.14. The Balaban J connectivity index is 1.84. The van der Waals surface area contributed by atoms with Gasteiger partial charge in [0.15, 0.2) is 11.5 Å². The summed E-state index contributed by atoms with van der Waals surface area (Å²) in [6.45, 7) is 3.71. The van der Waals surface area contributed by atoms with E-state index < -0.39 is 18.1 Å². The van der Waals surface area contributed by atoms with Crippen LogP contribution in [0.15, 0.2) is 34.7 Å². The molecule has 5 heteroatoms. The highest BCUT2D eigenvalue weighted by atomic mass is 16.3. The molecular weight excluding hydrogens is 342 g/mol. The number of carbonyl (C=O) groups is 2. The molecule has 1 amide bonds. The maximum atomic E-state index is 12.5. The van der Waals surface area contributed by atoms with E-state index >= 15 is 0 Å². The SMILES string of the molecule is CCCCCCCCCC(=O)[C@@H](NC(=O)c1cc2ccccc2o1)[C@@H](C)O. The molecule has 5 nitrogen and oxygen atoms in total. The number of rotatable bonds is 12. The fraction of sp³-hybridized carbons (Fsp3) is 0.545.